The van der Waals surface area contributed by atoms with Crippen LogP contribution in [0.15, 0.2) is 0 Å². The molecule has 75 valence electrons. The Bertz CT molecular complexity index is 166. The zero-order valence-electron chi connectivity index (χ0n) is 7.90. The lowest BCUT2D eigenvalue weighted by Crippen LogP contribution is -2.19. The van der Waals surface area contributed by atoms with Crippen molar-refractivity contribution in [1.29, 1.82) is 0 Å². The molecule has 0 aliphatic rings. The van der Waals surface area contributed by atoms with E-state index in [0.29, 0.717) is 0 Å². The van der Waals surface area contributed by atoms with Gasteiger partial charge in [-0.3, -0.25) is 0 Å². The summed E-state index contributed by atoms with van der Waals surface area (Å²) < 4.78 is 13.3. The molecular formula is C8H13O5. The van der Waals surface area contributed by atoms with Crippen LogP contribution in [0.3, 0.4) is 0 Å². The van der Waals surface area contributed by atoms with Crippen LogP contribution < -0.4 is 0 Å². The predicted octanol–water partition coefficient (Wildman–Crippen LogP) is 1.23. The topological polar surface area (TPSA) is 61.8 Å². The Kier molecular flexibility index (Phi) is 5.67. The zero-order chi connectivity index (χ0) is 10.3. The number of carbonyl (C=O) groups is 1. The molecule has 5 nitrogen and oxygen atoms in total. The molecule has 0 amide bonds. The van der Waals surface area contributed by atoms with Crippen LogP contribution >= 0.6 is 0 Å². The summed E-state index contributed by atoms with van der Waals surface area (Å²) >= 11 is 0. The van der Waals surface area contributed by atoms with E-state index >= 15 is 0 Å². The number of hydrogen-bond donors (Lipinski definition) is 0. The van der Waals surface area contributed by atoms with Gasteiger partial charge in [0.05, 0.1) is 6.61 Å². The third-order valence-corrected chi connectivity index (χ3v) is 1.01. The maximum absolute atomic E-state index is 10.8. The summed E-state index contributed by atoms with van der Waals surface area (Å²) in [7, 11) is 0. The molecule has 5 heteroatoms. The minimum absolute atomic E-state index is 0.237. The number of rotatable bonds is 5. The van der Waals surface area contributed by atoms with E-state index < -0.39 is 12.4 Å². The fourth-order valence-electron chi connectivity index (χ4n) is 0.496. The molecule has 0 saturated heterocycles. The Morgan fingerprint density at radius 1 is 1.38 bits per heavy atom. The van der Waals surface area contributed by atoms with E-state index in [1.165, 1.54) is 6.92 Å². The third kappa shape index (κ3) is 7.11. The quantitative estimate of drug-likeness (QED) is 0.480. The van der Waals surface area contributed by atoms with E-state index in [0.717, 1.165) is 6.47 Å². The van der Waals surface area contributed by atoms with Crippen molar-refractivity contribution in [2.75, 3.05) is 6.61 Å². The molecule has 13 heavy (non-hydrogen) atoms. The molecule has 1 radical (unpaired) electrons. The van der Waals surface area contributed by atoms with E-state index in [1.54, 1.807) is 0 Å². The molecule has 1 atom stereocenters. The van der Waals surface area contributed by atoms with E-state index in [1.807, 2.05) is 13.8 Å². The smallest absolute Gasteiger partial charge is 0.434 e. The minimum atomic E-state index is -0.961. The number of ether oxygens (including phenoxy) is 3. The average Bonchev–Trinajstić information content (AvgIpc) is 2.01. The first kappa shape index (κ1) is 11.7. The summed E-state index contributed by atoms with van der Waals surface area (Å²) in [5.74, 6) is 0.237. The molecule has 0 aliphatic carbocycles. The van der Waals surface area contributed by atoms with Crippen LogP contribution in [0.5, 0.6) is 0 Å². The minimum Gasteiger partial charge on any atom is -0.434 e. The summed E-state index contributed by atoms with van der Waals surface area (Å²) in [6.07, 6.45) is -1.81. The van der Waals surface area contributed by atoms with Gasteiger partial charge in [0, 0.05) is 6.92 Å². The first-order valence-electron chi connectivity index (χ1n) is 3.92. The molecule has 0 saturated carbocycles. The van der Waals surface area contributed by atoms with Crippen molar-refractivity contribution in [3.63, 3.8) is 0 Å². The molecule has 0 aromatic heterocycles. The van der Waals surface area contributed by atoms with Crippen LogP contribution in [0.1, 0.15) is 20.8 Å². The summed E-state index contributed by atoms with van der Waals surface area (Å²) in [5.41, 5.74) is 0. The Morgan fingerprint density at radius 2 is 2.00 bits per heavy atom. The van der Waals surface area contributed by atoms with Crippen molar-refractivity contribution in [1.82, 2.24) is 0 Å². The van der Waals surface area contributed by atoms with Gasteiger partial charge in [0.2, 0.25) is 6.29 Å². The first-order valence-corrected chi connectivity index (χ1v) is 3.92. The predicted molar refractivity (Wildman–Crippen MR) is 43.5 cm³/mol. The summed E-state index contributed by atoms with van der Waals surface area (Å²) in [6, 6.07) is 0. The lowest BCUT2D eigenvalue weighted by atomic mass is 10.2. The lowest BCUT2D eigenvalue weighted by Gasteiger charge is -2.11. The van der Waals surface area contributed by atoms with Crippen molar-refractivity contribution >= 4 is 12.6 Å². The van der Waals surface area contributed by atoms with Gasteiger partial charge < -0.3 is 14.2 Å². The van der Waals surface area contributed by atoms with Crippen molar-refractivity contribution in [3.05, 3.63) is 0 Å². The standard InChI is InChI=1S/C8H13O5/c1-6(2)4-11-8(10)13-7(3)12-5-9/h6-7H,4H2,1-3H3. The van der Waals surface area contributed by atoms with E-state index in [2.05, 4.69) is 14.2 Å². The van der Waals surface area contributed by atoms with Crippen molar-refractivity contribution in [3.8, 4) is 0 Å². The van der Waals surface area contributed by atoms with Crippen LogP contribution in [0, 0.1) is 5.92 Å². The van der Waals surface area contributed by atoms with Crippen LogP contribution in [0.4, 0.5) is 4.79 Å². The van der Waals surface area contributed by atoms with Gasteiger partial charge >= 0.3 is 12.6 Å². The second-order valence-corrected chi connectivity index (χ2v) is 2.84. The maximum atomic E-state index is 10.8. The van der Waals surface area contributed by atoms with Crippen molar-refractivity contribution < 1.29 is 23.8 Å². The number of hydrogen-bond acceptors (Lipinski definition) is 5. The van der Waals surface area contributed by atoms with Gasteiger partial charge in [-0.2, -0.15) is 0 Å². The third-order valence-electron chi connectivity index (χ3n) is 1.01. The highest BCUT2D eigenvalue weighted by Crippen LogP contribution is 1.98. The number of carbonyl (C=O) groups excluding carboxylic acids is 2. The Morgan fingerprint density at radius 3 is 2.46 bits per heavy atom. The first-order chi connectivity index (χ1) is 6.06. The van der Waals surface area contributed by atoms with Crippen molar-refractivity contribution in [2.24, 2.45) is 5.92 Å². The summed E-state index contributed by atoms with van der Waals surface area (Å²) in [5, 5.41) is 0. The van der Waals surface area contributed by atoms with Gasteiger partial charge in [-0.1, -0.05) is 13.8 Å². The molecule has 0 bridgehead atoms. The van der Waals surface area contributed by atoms with Gasteiger partial charge in [0.15, 0.2) is 0 Å². The van der Waals surface area contributed by atoms with Gasteiger partial charge in [-0.05, 0) is 5.92 Å². The Labute approximate surface area is 77.0 Å². The van der Waals surface area contributed by atoms with Gasteiger partial charge in [-0.15, -0.1) is 0 Å². The van der Waals surface area contributed by atoms with Crippen molar-refractivity contribution in [2.45, 2.75) is 27.1 Å². The SMILES string of the molecule is CC(C)COC(=O)OC(C)O[C]=O. The second kappa shape index (κ2) is 6.28. The molecule has 0 fully saturated rings. The Balaban J connectivity index is 3.55. The van der Waals surface area contributed by atoms with Gasteiger partial charge in [0.25, 0.3) is 0 Å². The van der Waals surface area contributed by atoms with Gasteiger partial charge in [-0.25, -0.2) is 9.59 Å². The molecule has 0 aromatic rings. The van der Waals surface area contributed by atoms with Crippen LogP contribution in [0.2, 0.25) is 0 Å². The monoisotopic (exact) mass is 189 g/mol. The summed E-state index contributed by atoms with van der Waals surface area (Å²) in [6.45, 7) is 6.61. The molecule has 0 rings (SSSR count). The fourth-order valence-corrected chi connectivity index (χ4v) is 0.496. The molecule has 0 heterocycles. The highest BCUT2D eigenvalue weighted by Gasteiger charge is 2.11. The van der Waals surface area contributed by atoms with E-state index in [-0.39, 0.29) is 12.5 Å². The molecule has 1 unspecified atom stereocenters. The van der Waals surface area contributed by atoms with Crippen LogP contribution in [0.25, 0.3) is 0 Å². The van der Waals surface area contributed by atoms with E-state index in [4.69, 9.17) is 0 Å². The second-order valence-electron chi connectivity index (χ2n) is 2.84. The fraction of sp³-hybridized carbons (Fsp3) is 0.750. The molecule has 0 spiro atoms. The van der Waals surface area contributed by atoms with Gasteiger partial charge in [0.1, 0.15) is 0 Å². The molecule has 0 aliphatic heterocycles. The zero-order valence-corrected chi connectivity index (χ0v) is 7.90. The summed E-state index contributed by atoms with van der Waals surface area (Å²) in [4.78, 5) is 20.5. The highest BCUT2D eigenvalue weighted by molar-refractivity contribution is 5.60. The normalized spacial score (nSPS) is 12.0. The van der Waals surface area contributed by atoms with Crippen LogP contribution in [-0.2, 0) is 19.0 Å². The van der Waals surface area contributed by atoms with Crippen LogP contribution in [-0.4, -0.2) is 25.5 Å². The van der Waals surface area contributed by atoms with E-state index in [9.17, 15) is 9.59 Å². The molecular weight excluding hydrogens is 176 g/mol. The maximum Gasteiger partial charge on any atom is 0.511 e. The molecule has 0 aromatic carbocycles. The average molecular weight is 189 g/mol. The largest absolute Gasteiger partial charge is 0.511 e. The lowest BCUT2D eigenvalue weighted by molar-refractivity contribution is -0.0627. The molecule has 0 N–H and O–H groups in total. The highest BCUT2D eigenvalue weighted by atomic mass is 16.8. The Hall–Kier alpha value is -1.26.